The number of methoxy groups -OCH3 is 1. The number of nitrogens with two attached hydrogens (primary N) is 1. The highest BCUT2D eigenvalue weighted by Crippen LogP contribution is 2.33. The van der Waals surface area contributed by atoms with E-state index < -0.39 is 0 Å². The summed E-state index contributed by atoms with van der Waals surface area (Å²) in [5.74, 6) is 1.58. The Morgan fingerprint density at radius 1 is 1.12 bits per heavy atom. The van der Waals surface area contributed by atoms with E-state index in [2.05, 4.69) is 5.10 Å². The topological polar surface area (TPSA) is 62.3 Å². The molecule has 5 nitrogen and oxygen atoms in total. The van der Waals surface area contributed by atoms with E-state index in [9.17, 15) is 0 Å². The fourth-order valence-corrected chi connectivity index (χ4v) is 2.50. The molecule has 0 bridgehead atoms. The van der Waals surface area contributed by atoms with E-state index in [1.165, 1.54) is 0 Å². The number of nitrogens with zero attached hydrogens (tertiary/aromatic N) is 2. The van der Waals surface area contributed by atoms with E-state index in [1.54, 1.807) is 7.11 Å². The number of hydrogen-bond acceptors (Lipinski definition) is 4. The number of aromatic nitrogens is 2. The molecule has 2 aromatic carbocycles. The Hall–Kier alpha value is -2.50. The average molecular weight is 360 g/mol. The largest absolute Gasteiger partial charge is 0.496 e. The SMILES string of the molecule is COc1ccc(OCc2ccccc2)cc1-c1cnn(CCN)c1.Cl. The summed E-state index contributed by atoms with van der Waals surface area (Å²) >= 11 is 0. The molecular weight excluding hydrogens is 338 g/mol. The highest BCUT2D eigenvalue weighted by atomic mass is 35.5. The van der Waals surface area contributed by atoms with E-state index in [0.717, 1.165) is 28.2 Å². The smallest absolute Gasteiger partial charge is 0.127 e. The van der Waals surface area contributed by atoms with Gasteiger partial charge in [0.15, 0.2) is 0 Å². The van der Waals surface area contributed by atoms with Crippen molar-refractivity contribution in [2.75, 3.05) is 13.7 Å². The molecule has 3 rings (SSSR count). The summed E-state index contributed by atoms with van der Waals surface area (Å²) < 4.78 is 13.2. The summed E-state index contributed by atoms with van der Waals surface area (Å²) in [6.07, 6.45) is 3.78. The monoisotopic (exact) mass is 359 g/mol. The van der Waals surface area contributed by atoms with Crippen LogP contribution in [0.3, 0.4) is 0 Å². The Morgan fingerprint density at radius 2 is 1.92 bits per heavy atom. The first-order valence-corrected chi connectivity index (χ1v) is 7.88. The maximum atomic E-state index is 5.91. The van der Waals surface area contributed by atoms with Gasteiger partial charge in [0.05, 0.1) is 19.9 Å². The Bertz CT molecular complexity index is 790. The first-order chi connectivity index (χ1) is 11.8. The summed E-state index contributed by atoms with van der Waals surface area (Å²) in [6, 6.07) is 15.9. The van der Waals surface area contributed by atoms with Crippen molar-refractivity contribution in [2.45, 2.75) is 13.2 Å². The highest BCUT2D eigenvalue weighted by Gasteiger charge is 2.10. The average Bonchev–Trinajstić information content (AvgIpc) is 3.09. The number of benzene rings is 2. The minimum atomic E-state index is 0. The van der Waals surface area contributed by atoms with Crippen molar-refractivity contribution in [3.63, 3.8) is 0 Å². The van der Waals surface area contributed by atoms with Gasteiger partial charge in [-0.15, -0.1) is 12.4 Å². The summed E-state index contributed by atoms with van der Waals surface area (Å²) in [5.41, 5.74) is 8.64. The minimum absolute atomic E-state index is 0. The van der Waals surface area contributed by atoms with Crippen molar-refractivity contribution in [2.24, 2.45) is 5.73 Å². The molecule has 0 amide bonds. The van der Waals surface area contributed by atoms with Gasteiger partial charge in [0.1, 0.15) is 18.1 Å². The molecule has 2 N–H and O–H groups in total. The fraction of sp³-hybridized carbons (Fsp3) is 0.211. The van der Waals surface area contributed by atoms with Crippen molar-refractivity contribution in [3.8, 4) is 22.6 Å². The molecule has 0 aliphatic rings. The van der Waals surface area contributed by atoms with Gasteiger partial charge in [0.25, 0.3) is 0 Å². The molecule has 0 aliphatic heterocycles. The Balaban J connectivity index is 0.00000225. The molecule has 0 radical (unpaired) electrons. The second-order valence-electron chi connectivity index (χ2n) is 5.42. The first-order valence-electron chi connectivity index (χ1n) is 7.88. The van der Waals surface area contributed by atoms with Crippen LogP contribution in [-0.4, -0.2) is 23.4 Å². The minimum Gasteiger partial charge on any atom is -0.496 e. The molecule has 0 spiro atoms. The van der Waals surface area contributed by atoms with E-state index >= 15 is 0 Å². The third kappa shape index (κ3) is 4.75. The van der Waals surface area contributed by atoms with Crippen molar-refractivity contribution >= 4 is 12.4 Å². The Kier molecular flexibility index (Phi) is 6.86. The first kappa shape index (κ1) is 18.8. The van der Waals surface area contributed by atoms with Crippen LogP contribution in [0.2, 0.25) is 0 Å². The summed E-state index contributed by atoms with van der Waals surface area (Å²) in [5, 5.41) is 4.32. The molecule has 1 aromatic heterocycles. The molecular formula is C19H22ClN3O2. The fourth-order valence-electron chi connectivity index (χ4n) is 2.50. The van der Waals surface area contributed by atoms with Crippen LogP contribution in [0.1, 0.15) is 5.56 Å². The van der Waals surface area contributed by atoms with Gasteiger partial charge in [-0.05, 0) is 23.8 Å². The molecule has 25 heavy (non-hydrogen) atoms. The third-order valence-electron chi connectivity index (χ3n) is 3.72. The van der Waals surface area contributed by atoms with Crippen molar-refractivity contribution in [1.29, 1.82) is 0 Å². The molecule has 0 atom stereocenters. The van der Waals surface area contributed by atoms with Crippen molar-refractivity contribution in [1.82, 2.24) is 9.78 Å². The van der Waals surface area contributed by atoms with Crippen LogP contribution >= 0.6 is 12.4 Å². The molecule has 0 saturated carbocycles. The van der Waals surface area contributed by atoms with Gasteiger partial charge in [-0.2, -0.15) is 5.10 Å². The summed E-state index contributed by atoms with van der Waals surface area (Å²) in [7, 11) is 1.66. The van der Waals surface area contributed by atoms with E-state index in [4.69, 9.17) is 15.2 Å². The number of ether oxygens (including phenoxy) is 2. The zero-order chi connectivity index (χ0) is 16.8. The van der Waals surface area contributed by atoms with Gasteiger partial charge in [-0.25, -0.2) is 0 Å². The normalized spacial score (nSPS) is 10.2. The zero-order valence-electron chi connectivity index (χ0n) is 14.1. The molecule has 0 unspecified atom stereocenters. The van der Waals surface area contributed by atoms with Gasteiger partial charge in [0, 0.05) is 23.9 Å². The van der Waals surface area contributed by atoms with Gasteiger partial charge in [-0.3, -0.25) is 4.68 Å². The van der Waals surface area contributed by atoms with Gasteiger partial charge in [-0.1, -0.05) is 30.3 Å². The second-order valence-corrected chi connectivity index (χ2v) is 5.42. The third-order valence-corrected chi connectivity index (χ3v) is 3.72. The standard InChI is InChI=1S/C19H21N3O2.ClH/c1-23-19-8-7-17(24-14-15-5-3-2-4-6-15)11-18(19)16-12-21-22(13-16)10-9-20;/h2-8,11-13H,9-10,14,20H2,1H3;1H. The van der Waals surface area contributed by atoms with Crippen LogP contribution in [0, 0.1) is 0 Å². The second kappa shape index (κ2) is 9.11. The lowest BCUT2D eigenvalue weighted by molar-refractivity contribution is 0.305. The van der Waals surface area contributed by atoms with Gasteiger partial charge < -0.3 is 15.2 Å². The molecule has 3 aromatic rings. The number of halogens is 1. The molecule has 1 heterocycles. The maximum absolute atomic E-state index is 5.91. The van der Waals surface area contributed by atoms with Crippen LogP contribution in [0.25, 0.3) is 11.1 Å². The Morgan fingerprint density at radius 3 is 2.64 bits per heavy atom. The van der Waals surface area contributed by atoms with E-state index in [1.807, 2.05) is 65.6 Å². The van der Waals surface area contributed by atoms with Crippen molar-refractivity contribution < 1.29 is 9.47 Å². The van der Waals surface area contributed by atoms with Crippen LogP contribution in [0.4, 0.5) is 0 Å². The lowest BCUT2D eigenvalue weighted by Gasteiger charge is -2.11. The van der Waals surface area contributed by atoms with Crippen LogP contribution < -0.4 is 15.2 Å². The molecule has 132 valence electrons. The predicted octanol–water partition coefficient (Wildman–Crippen LogP) is 3.52. The van der Waals surface area contributed by atoms with Gasteiger partial charge >= 0.3 is 0 Å². The van der Waals surface area contributed by atoms with Gasteiger partial charge in [0.2, 0.25) is 0 Å². The van der Waals surface area contributed by atoms with Crippen LogP contribution in [0.5, 0.6) is 11.5 Å². The highest BCUT2D eigenvalue weighted by molar-refractivity contribution is 5.85. The number of rotatable bonds is 7. The van der Waals surface area contributed by atoms with E-state index in [0.29, 0.717) is 19.7 Å². The van der Waals surface area contributed by atoms with Crippen LogP contribution in [0.15, 0.2) is 60.9 Å². The predicted molar refractivity (Wildman–Crippen MR) is 101 cm³/mol. The molecule has 6 heteroatoms. The van der Waals surface area contributed by atoms with E-state index in [-0.39, 0.29) is 12.4 Å². The lowest BCUT2D eigenvalue weighted by atomic mass is 10.1. The lowest BCUT2D eigenvalue weighted by Crippen LogP contribution is -2.09. The number of hydrogen-bond donors (Lipinski definition) is 1. The van der Waals surface area contributed by atoms with Crippen molar-refractivity contribution in [3.05, 3.63) is 66.5 Å². The Labute approximate surface area is 153 Å². The molecule has 0 saturated heterocycles. The summed E-state index contributed by atoms with van der Waals surface area (Å²) in [6.45, 7) is 1.77. The molecule has 0 fully saturated rings. The van der Waals surface area contributed by atoms with Crippen LogP contribution in [-0.2, 0) is 13.2 Å². The quantitative estimate of drug-likeness (QED) is 0.701. The summed E-state index contributed by atoms with van der Waals surface area (Å²) in [4.78, 5) is 0. The maximum Gasteiger partial charge on any atom is 0.127 e. The molecule has 0 aliphatic carbocycles. The zero-order valence-corrected chi connectivity index (χ0v) is 14.9.